The quantitative estimate of drug-likeness (QED) is 0.529. The van der Waals surface area contributed by atoms with E-state index in [9.17, 15) is 9.59 Å². The molecule has 0 aromatic carbocycles. The molecule has 0 atom stereocenters. The van der Waals surface area contributed by atoms with E-state index in [-0.39, 0.29) is 35.1 Å². The van der Waals surface area contributed by atoms with Crippen molar-refractivity contribution in [2.45, 2.75) is 13.0 Å². The normalized spacial score (nSPS) is 11.1. The molecule has 0 aliphatic carbocycles. The number of methoxy groups -OCH3 is 1. The van der Waals surface area contributed by atoms with Gasteiger partial charge in [0.15, 0.2) is 0 Å². The molecule has 8 nitrogen and oxygen atoms in total. The molecule has 0 unspecified atom stereocenters. The lowest BCUT2D eigenvalue weighted by molar-refractivity contribution is 0.0597. The summed E-state index contributed by atoms with van der Waals surface area (Å²) in [6, 6.07) is 6.50. The maximum Gasteiger partial charge on any atom is 0.341 e. The predicted molar refractivity (Wildman–Crippen MR) is 85.9 cm³/mol. The second-order valence-corrected chi connectivity index (χ2v) is 5.21. The molecule has 2 N–H and O–H groups in total. The van der Waals surface area contributed by atoms with Crippen LogP contribution in [0.3, 0.4) is 0 Å². The fraction of sp³-hybridized carbons (Fsp3) is 0.250. The number of aromatic nitrogens is 3. The van der Waals surface area contributed by atoms with Crippen LogP contribution in [0.4, 0.5) is 0 Å². The van der Waals surface area contributed by atoms with Gasteiger partial charge in [-0.2, -0.15) is 0 Å². The maximum absolute atomic E-state index is 12.7. The number of aryl methyl sites for hydroxylation is 1. The highest BCUT2D eigenvalue weighted by atomic mass is 16.5. The van der Waals surface area contributed by atoms with Crippen LogP contribution in [0.1, 0.15) is 16.8 Å². The van der Waals surface area contributed by atoms with Gasteiger partial charge < -0.3 is 14.4 Å². The monoisotopic (exact) mass is 328 g/mol. The van der Waals surface area contributed by atoms with Crippen LogP contribution in [0, 0.1) is 5.41 Å². The lowest BCUT2D eigenvalue weighted by atomic mass is 10.2. The molecule has 0 bridgehead atoms. The Morgan fingerprint density at radius 2 is 2.21 bits per heavy atom. The molecule has 0 saturated carbocycles. The van der Waals surface area contributed by atoms with Gasteiger partial charge in [0.1, 0.15) is 22.3 Å². The van der Waals surface area contributed by atoms with Crippen molar-refractivity contribution in [2.24, 2.45) is 0 Å². The zero-order chi connectivity index (χ0) is 17.3. The molecule has 3 rings (SSSR count). The summed E-state index contributed by atoms with van der Waals surface area (Å²) in [6.45, 7) is 0.176. The summed E-state index contributed by atoms with van der Waals surface area (Å²) < 4.78 is 7.53. The van der Waals surface area contributed by atoms with Crippen molar-refractivity contribution >= 4 is 22.6 Å². The van der Waals surface area contributed by atoms with Crippen molar-refractivity contribution in [1.29, 1.82) is 5.41 Å². The minimum absolute atomic E-state index is 0.0160. The van der Waals surface area contributed by atoms with Gasteiger partial charge in [0.2, 0.25) is 0 Å². The first kappa shape index (κ1) is 15.9. The summed E-state index contributed by atoms with van der Waals surface area (Å²) in [5.41, 5.74) is 0.293. The molecule has 0 amide bonds. The minimum Gasteiger partial charge on any atom is -0.465 e. The maximum atomic E-state index is 12.7. The number of aliphatic hydroxyl groups is 1. The van der Waals surface area contributed by atoms with Crippen molar-refractivity contribution in [3.63, 3.8) is 0 Å². The fourth-order valence-electron chi connectivity index (χ4n) is 2.60. The number of pyridine rings is 2. The number of rotatable bonds is 4. The Balaban J connectivity index is 2.47. The molecule has 3 aromatic rings. The first-order valence-electron chi connectivity index (χ1n) is 7.37. The molecular weight excluding hydrogens is 312 g/mol. The highest BCUT2D eigenvalue weighted by Crippen LogP contribution is 2.11. The van der Waals surface area contributed by atoms with Gasteiger partial charge in [-0.05, 0) is 24.6 Å². The molecule has 0 saturated heterocycles. The van der Waals surface area contributed by atoms with E-state index < -0.39 is 5.97 Å². The molecule has 8 heteroatoms. The van der Waals surface area contributed by atoms with E-state index in [0.717, 1.165) is 0 Å². The van der Waals surface area contributed by atoms with Crippen LogP contribution in [0.2, 0.25) is 0 Å². The predicted octanol–water partition coefficient (Wildman–Crippen LogP) is 0.298. The lowest BCUT2D eigenvalue weighted by Crippen LogP contribution is -2.31. The van der Waals surface area contributed by atoms with Crippen molar-refractivity contribution in [2.75, 3.05) is 13.7 Å². The summed E-state index contributed by atoms with van der Waals surface area (Å²) in [4.78, 5) is 29.1. The second kappa shape index (κ2) is 6.25. The Hall–Kier alpha value is -3.00. The fourth-order valence-corrected chi connectivity index (χ4v) is 2.60. The Kier molecular flexibility index (Phi) is 4.13. The third kappa shape index (κ3) is 2.46. The Morgan fingerprint density at radius 1 is 1.42 bits per heavy atom. The zero-order valence-electron chi connectivity index (χ0n) is 13.0. The van der Waals surface area contributed by atoms with Crippen molar-refractivity contribution in [3.05, 3.63) is 51.9 Å². The highest BCUT2D eigenvalue weighted by Gasteiger charge is 2.17. The average Bonchev–Trinajstić information content (AvgIpc) is 2.60. The largest absolute Gasteiger partial charge is 0.465 e. The molecule has 0 fully saturated rings. The summed E-state index contributed by atoms with van der Waals surface area (Å²) in [6.07, 6.45) is 1.96. The van der Waals surface area contributed by atoms with E-state index in [2.05, 4.69) is 4.98 Å². The number of fused-ring (bicyclic) bond motifs is 2. The number of aliphatic hydroxyl groups excluding tert-OH is 1. The zero-order valence-corrected chi connectivity index (χ0v) is 13.0. The van der Waals surface area contributed by atoms with Gasteiger partial charge in [-0.1, -0.05) is 6.07 Å². The van der Waals surface area contributed by atoms with Crippen LogP contribution in [0.15, 0.2) is 35.3 Å². The number of carbonyl (C=O) groups is 1. The van der Waals surface area contributed by atoms with Crippen LogP contribution >= 0.6 is 0 Å². The lowest BCUT2D eigenvalue weighted by Gasteiger charge is -2.13. The van der Waals surface area contributed by atoms with Crippen LogP contribution in [0.5, 0.6) is 0 Å². The molecule has 3 heterocycles. The van der Waals surface area contributed by atoms with E-state index in [1.165, 1.54) is 22.1 Å². The van der Waals surface area contributed by atoms with Gasteiger partial charge in [-0.3, -0.25) is 14.6 Å². The molecule has 124 valence electrons. The van der Waals surface area contributed by atoms with Gasteiger partial charge in [-0.25, -0.2) is 9.78 Å². The van der Waals surface area contributed by atoms with Crippen molar-refractivity contribution in [1.82, 2.24) is 14.0 Å². The number of carbonyl (C=O) groups excluding carboxylic acids is 1. The second-order valence-electron chi connectivity index (χ2n) is 5.21. The number of hydrogen-bond donors (Lipinski definition) is 2. The molecule has 0 aliphatic heterocycles. The van der Waals surface area contributed by atoms with E-state index in [1.807, 2.05) is 0 Å². The van der Waals surface area contributed by atoms with Crippen molar-refractivity contribution in [3.8, 4) is 0 Å². The van der Waals surface area contributed by atoms with Gasteiger partial charge in [0.25, 0.3) is 5.56 Å². The van der Waals surface area contributed by atoms with Gasteiger partial charge in [-0.15, -0.1) is 0 Å². The van der Waals surface area contributed by atoms with Gasteiger partial charge >= 0.3 is 5.97 Å². The summed E-state index contributed by atoms with van der Waals surface area (Å²) >= 11 is 0. The number of ether oxygens (including phenoxy) is 1. The molecule has 0 aliphatic rings. The standard InChI is InChI=1S/C16H16N4O4/c1-24-16(23)10-9-11-14(20(13(10)17)7-4-8-21)18-12-5-2-3-6-19(12)15(11)22/h2-3,5-6,9,17,21H,4,7-8H2,1H3. The van der Waals surface area contributed by atoms with Gasteiger partial charge in [0.05, 0.1) is 12.5 Å². The number of hydrogen-bond acceptors (Lipinski definition) is 6. The smallest absolute Gasteiger partial charge is 0.341 e. The van der Waals surface area contributed by atoms with Crippen LogP contribution in [-0.4, -0.2) is 38.7 Å². The Bertz CT molecular complexity index is 1050. The van der Waals surface area contributed by atoms with Gasteiger partial charge in [0, 0.05) is 19.3 Å². The molecule has 0 radical (unpaired) electrons. The summed E-state index contributed by atoms with van der Waals surface area (Å²) in [5, 5.41) is 17.6. The number of nitrogens with zero attached hydrogens (tertiary/aromatic N) is 3. The Labute approximate surface area is 136 Å². The van der Waals surface area contributed by atoms with Crippen LogP contribution in [0.25, 0.3) is 16.7 Å². The third-order valence-corrected chi connectivity index (χ3v) is 3.76. The number of esters is 1. The molecule has 0 spiro atoms. The molecule has 3 aromatic heterocycles. The SMILES string of the molecule is COC(=O)c1cc2c(=O)n3ccccc3nc2n(CCCO)c1=N. The van der Waals surface area contributed by atoms with Crippen LogP contribution in [-0.2, 0) is 11.3 Å². The first-order chi connectivity index (χ1) is 11.6. The molecule has 24 heavy (non-hydrogen) atoms. The molecular formula is C16H16N4O4. The Morgan fingerprint density at radius 3 is 2.92 bits per heavy atom. The average molecular weight is 328 g/mol. The van der Waals surface area contributed by atoms with E-state index in [0.29, 0.717) is 17.7 Å². The third-order valence-electron chi connectivity index (χ3n) is 3.76. The minimum atomic E-state index is -0.697. The topological polar surface area (TPSA) is 110 Å². The highest BCUT2D eigenvalue weighted by molar-refractivity contribution is 5.93. The van der Waals surface area contributed by atoms with Crippen molar-refractivity contribution < 1.29 is 14.6 Å². The van der Waals surface area contributed by atoms with E-state index >= 15 is 0 Å². The van der Waals surface area contributed by atoms with E-state index in [4.69, 9.17) is 15.3 Å². The summed E-state index contributed by atoms with van der Waals surface area (Å²) in [7, 11) is 1.22. The van der Waals surface area contributed by atoms with Crippen LogP contribution < -0.4 is 11.0 Å². The first-order valence-corrected chi connectivity index (χ1v) is 7.37. The summed E-state index contributed by atoms with van der Waals surface area (Å²) in [5.74, 6) is -0.697. The number of nitrogens with one attached hydrogen (secondary N) is 1. The van der Waals surface area contributed by atoms with E-state index in [1.54, 1.807) is 24.4 Å².